The summed E-state index contributed by atoms with van der Waals surface area (Å²) in [5.41, 5.74) is 0. The van der Waals surface area contributed by atoms with Gasteiger partial charge in [-0.3, -0.25) is 0 Å². The third-order valence-electron chi connectivity index (χ3n) is 3.31. The van der Waals surface area contributed by atoms with E-state index in [-0.39, 0.29) is 0 Å². The van der Waals surface area contributed by atoms with Gasteiger partial charge in [0.25, 0.3) is 0 Å². The predicted octanol–water partition coefficient (Wildman–Crippen LogP) is 1.93. The van der Waals surface area contributed by atoms with Gasteiger partial charge in [-0.15, -0.1) is 0 Å². The summed E-state index contributed by atoms with van der Waals surface area (Å²) in [6, 6.07) is 0.570. The zero-order valence-corrected chi connectivity index (χ0v) is 12.7. The van der Waals surface area contributed by atoms with Crippen molar-refractivity contribution in [3.05, 3.63) is 0 Å². The van der Waals surface area contributed by atoms with E-state index < -0.39 is 9.84 Å². The van der Waals surface area contributed by atoms with Crippen LogP contribution in [0.4, 0.5) is 0 Å². The first-order valence-electron chi connectivity index (χ1n) is 6.45. The highest BCUT2D eigenvalue weighted by atomic mass is 32.2. The highest BCUT2D eigenvalue weighted by molar-refractivity contribution is 8.01. The van der Waals surface area contributed by atoms with E-state index >= 15 is 0 Å². The Hall–Kier alpha value is 0.260. The van der Waals surface area contributed by atoms with Crippen molar-refractivity contribution in [2.24, 2.45) is 5.92 Å². The van der Waals surface area contributed by atoms with Crippen LogP contribution in [0.5, 0.6) is 0 Å². The van der Waals surface area contributed by atoms with E-state index in [1.54, 1.807) is 0 Å². The molecule has 17 heavy (non-hydrogen) atoms. The van der Waals surface area contributed by atoms with Crippen molar-refractivity contribution in [2.75, 3.05) is 24.3 Å². The standard InChI is InChI=1S/C12H25NO2S2/c1-4-13-11-6-5-10(2)9-12(11)16-7-8-17(3,14)15/h10-13H,4-9H2,1-3H3. The Morgan fingerprint density at radius 3 is 2.65 bits per heavy atom. The Bertz CT molecular complexity index is 316. The van der Waals surface area contributed by atoms with Gasteiger partial charge in [0, 0.05) is 23.3 Å². The summed E-state index contributed by atoms with van der Waals surface area (Å²) in [5.74, 6) is 1.82. The monoisotopic (exact) mass is 279 g/mol. The molecule has 0 heterocycles. The van der Waals surface area contributed by atoms with Crippen molar-refractivity contribution in [2.45, 2.75) is 44.4 Å². The van der Waals surface area contributed by atoms with Crippen LogP contribution in [0.2, 0.25) is 0 Å². The molecule has 102 valence electrons. The lowest BCUT2D eigenvalue weighted by molar-refractivity contribution is 0.321. The van der Waals surface area contributed by atoms with E-state index in [4.69, 9.17) is 0 Å². The molecule has 0 aromatic carbocycles. The molecule has 1 N–H and O–H groups in total. The summed E-state index contributed by atoms with van der Waals surface area (Å²) in [6.45, 7) is 5.44. The lowest BCUT2D eigenvalue weighted by Crippen LogP contribution is -2.42. The Kier molecular flexibility index (Phi) is 6.31. The third kappa shape index (κ3) is 6.11. The molecular formula is C12H25NO2S2. The smallest absolute Gasteiger partial charge is 0.148 e. The fourth-order valence-electron chi connectivity index (χ4n) is 2.36. The van der Waals surface area contributed by atoms with Gasteiger partial charge in [0.1, 0.15) is 9.84 Å². The van der Waals surface area contributed by atoms with Gasteiger partial charge in [0.2, 0.25) is 0 Å². The molecular weight excluding hydrogens is 254 g/mol. The van der Waals surface area contributed by atoms with E-state index in [2.05, 4.69) is 19.2 Å². The quantitative estimate of drug-likeness (QED) is 0.807. The third-order valence-corrected chi connectivity index (χ3v) is 5.90. The van der Waals surface area contributed by atoms with E-state index in [0.29, 0.717) is 17.0 Å². The normalized spacial score (nSPS) is 30.4. The van der Waals surface area contributed by atoms with Crippen molar-refractivity contribution in [3.8, 4) is 0 Å². The average molecular weight is 279 g/mol. The SMILES string of the molecule is CCNC1CCC(C)CC1SCCS(C)(=O)=O. The maximum Gasteiger partial charge on any atom is 0.148 e. The predicted molar refractivity (Wildman–Crippen MR) is 76.4 cm³/mol. The van der Waals surface area contributed by atoms with E-state index in [0.717, 1.165) is 18.2 Å². The number of sulfone groups is 1. The first-order chi connectivity index (χ1) is 7.92. The summed E-state index contributed by atoms with van der Waals surface area (Å²) in [5, 5.41) is 4.12. The fraction of sp³-hybridized carbons (Fsp3) is 1.00. The molecule has 5 heteroatoms. The first kappa shape index (κ1) is 15.3. The molecule has 1 rings (SSSR count). The molecule has 0 aromatic rings. The molecule has 1 fully saturated rings. The Labute approximate surface area is 110 Å². The Morgan fingerprint density at radius 1 is 1.35 bits per heavy atom. The molecule has 0 saturated heterocycles. The van der Waals surface area contributed by atoms with Crippen LogP contribution in [-0.4, -0.2) is 44.0 Å². The minimum absolute atomic E-state index is 0.307. The van der Waals surface area contributed by atoms with Crippen LogP contribution >= 0.6 is 11.8 Å². The van der Waals surface area contributed by atoms with Crippen molar-refractivity contribution < 1.29 is 8.42 Å². The van der Waals surface area contributed by atoms with Crippen molar-refractivity contribution in [3.63, 3.8) is 0 Å². The minimum Gasteiger partial charge on any atom is -0.313 e. The summed E-state index contributed by atoms with van der Waals surface area (Å²) < 4.78 is 22.2. The number of nitrogens with one attached hydrogen (secondary N) is 1. The number of rotatable bonds is 6. The van der Waals surface area contributed by atoms with E-state index in [1.165, 1.54) is 25.5 Å². The maximum atomic E-state index is 11.1. The number of thioether (sulfide) groups is 1. The van der Waals surface area contributed by atoms with Gasteiger partial charge in [-0.05, 0) is 31.7 Å². The highest BCUT2D eigenvalue weighted by Crippen LogP contribution is 2.32. The minimum atomic E-state index is -2.81. The summed E-state index contributed by atoms with van der Waals surface area (Å²) in [6.07, 6.45) is 5.05. The fourth-order valence-corrected chi connectivity index (χ4v) is 5.19. The van der Waals surface area contributed by atoms with Gasteiger partial charge in [-0.2, -0.15) is 11.8 Å². The molecule has 0 amide bonds. The Morgan fingerprint density at radius 2 is 2.06 bits per heavy atom. The van der Waals surface area contributed by atoms with Crippen LogP contribution in [0.25, 0.3) is 0 Å². The number of hydrogen-bond donors (Lipinski definition) is 1. The molecule has 0 bridgehead atoms. The Balaban J connectivity index is 2.40. The second-order valence-electron chi connectivity index (χ2n) is 5.12. The summed E-state index contributed by atoms with van der Waals surface area (Å²) >= 11 is 1.83. The molecule has 3 unspecified atom stereocenters. The van der Waals surface area contributed by atoms with Crippen molar-refractivity contribution >= 4 is 21.6 Å². The van der Waals surface area contributed by atoms with Crippen LogP contribution in [0.15, 0.2) is 0 Å². The van der Waals surface area contributed by atoms with Gasteiger partial charge >= 0.3 is 0 Å². The molecule has 3 nitrogen and oxygen atoms in total. The molecule has 3 atom stereocenters. The topological polar surface area (TPSA) is 46.2 Å². The zero-order valence-electron chi connectivity index (χ0n) is 11.1. The summed E-state index contributed by atoms with van der Waals surface area (Å²) in [4.78, 5) is 0. The van der Waals surface area contributed by atoms with Crippen LogP contribution in [-0.2, 0) is 9.84 Å². The zero-order chi connectivity index (χ0) is 12.9. The first-order valence-corrected chi connectivity index (χ1v) is 9.56. The number of hydrogen-bond acceptors (Lipinski definition) is 4. The average Bonchev–Trinajstić information content (AvgIpc) is 2.20. The molecule has 1 aliphatic rings. The lowest BCUT2D eigenvalue weighted by atomic mass is 9.87. The van der Waals surface area contributed by atoms with Crippen LogP contribution < -0.4 is 5.32 Å². The largest absolute Gasteiger partial charge is 0.313 e. The van der Waals surface area contributed by atoms with Gasteiger partial charge < -0.3 is 5.32 Å². The maximum absolute atomic E-state index is 11.1. The van der Waals surface area contributed by atoms with Crippen LogP contribution in [0.1, 0.15) is 33.1 Å². The molecule has 1 saturated carbocycles. The van der Waals surface area contributed by atoms with Crippen molar-refractivity contribution in [1.82, 2.24) is 5.32 Å². The van der Waals surface area contributed by atoms with Gasteiger partial charge in [-0.25, -0.2) is 8.42 Å². The second kappa shape index (κ2) is 7.00. The highest BCUT2D eigenvalue weighted by Gasteiger charge is 2.28. The van der Waals surface area contributed by atoms with Gasteiger partial charge in [0.05, 0.1) is 5.75 Å². The van der Waals surface area contributed by atoms with Gasteiger partial charge in [-0.1, -0.05) is 13.8 Å². The molecule has 0 spiro atoms. The molecule has 1 aliphatic carbocycles. The molecule has 0 aromatic heterocycles. The van der Waals surface area contributed by atoms with Crippen LogP contribution in [0.3, 0.4) is 0 Å². The summed E-state index contributed by atoms with van der Waals surface area (Å²) in [7, 11) is -2.81. The van der Waals surface area contributed by atoms with Gasteiger partial charge in [0.15, 0.2) is 0 Å². The lowest BCUT2D eigenvalue weighted by Gasteiger charge is -2.35. The van der Waals surface area contributed by atoms with E-state index in [9.17, 15) is 8.42 Å². The molecule has 0 aliphatic heterocycles. The van der Waals surface area contributed by atoms with Crippen LogP contribution in [0, 0.1) is 5.92 Å². The van der Waals surface area contributed by atoms with E-state index in [1.807, 2.05) is 11.8 Å². The van der Waals surface area contributed by atoms with Crippen molar-refractivity contribution in [1.29, 1.82) is 0 Å². The molecule has 0 radical (unpaired) electrons. The second-order valence-corrected chi connectivity index (χ2v) is 8.73.